The zero-order valence-corrected chi connectivity index (χ0v) is 15.5. The molecule has 0 spiro atoms. The number of hydrogen-bond donors (Lipinski definition) is 2. The average molecular weight is 390 g/mol. The lowest BCUT2D eigenvalue weighted by atomic mass is 9.93. The van der Waals surface area contributed by atoms with Crippen LogP contribution in [0.1, 0.15) is 29.6 Å². The van der Waals surface area contributed by atoms with Crippen molar-refractivity contribution in [2.75, 3.05) is 18.2 Å². The lowest BCUT2D eigenvalue weighted by molar-refractivity contribution is 0.411. The molecular weight excluding hydrogens is 373 g/mol. The van der Waals surface area contributed by atoms with E-state index in [9.17, 15) is 0 Å². The molecule has 3 N–H and O–H groups in total. The van der Waals surface area contributed by atoms with Gasteiger partial charge >= 0.3 is 0 Å². The quantitative estimate of drug-likeness (QED) is 0.697. The normalized spacial score (nSPS) is 18.9. The Bertz CT molecular complexity index is 941. The van der Waals surface area contributed by atoms with Crippen molar-refractivity contribution in [3.8, 4) is 5.75 Å². The van der Waals surface area contributed by atoms with Crippen LogP contribution in [0.25, 0.3) is 0 Å². The fourth-order valence-corrected chi connectivity index (χ4v) is 3.83. The number of anilines is 2. The Morgan fingerprint density at radius 1 is 1.19 bits per heavy atom. The van der Waals surface area contributed by atoms with Crippen LogP contribution in [-0.2, 0) is 0 Å². The predicted molar refractivity (Wildman–Crippen MR) is 103 cm³/mol. The van der Waals surface area contributed by atoms with Crippen molar-refractivity contribution in [2.24, 2.45) is 0 Å². The lowest BCUT2D eigenvalue weighted by Gasteiger charge is -2.32. The van der Waals surface area contributed by atoms with Gasteiger partial charge in [0.1, 0.15) is 5.75 Å². The molecule has 0 amide bonds. The van der Waals surface area contributed by atoms with Crippen molar-refractivity contribution in [1.82, 2.24) is 14.8 Å². The van der Waals surface area contributed by atoms with Gasteiger partial charge < -0.3 is 15.8 Å². The van der Waals surface area contributed by atoms with Gasteiger partial charge in [0, 0.05) is 10.0 Å². The van der Waals surface area contributed by atoms with E-state index in [0.717, 1.165) is 23.3 Å². The minimum atomic E-state index is -0.0389. The Kier molecular flexibility index (Phi) is 4.38. The number of halogens is 2. The largest absolute Gasteiger partial charge is 0.497 e. The topological polar surface area (TPSA) is 78.0 Å². The van der Waals surface area contributed by atoms with Crippen LogP contribution in [0.4, 0.5) is 11.9 Å². The number of nitrogens with zero attached hydrogens (tertiary/aromatic N) is 3. The van der Waals surface area contributed by atoms with Crippen molar-refractivity contribution in [3.05, 3.63) is 63.6 Å². The summed E-state index contributed by atoms with van der Waals surface area (Å²) >= 11 is 12.5. The molecule has 0 aliphatic carbocycles. The molecule has 4 rings (SSSR count). The zero-order valence-electron chi connectivity index (χ0n) is 14.0. The molecule has 1 aliphatic heterocycles. The Hall–Kier alpha value is -2.44. The summed E-state index contributed by atoms with van der Waals surface area (Å²) in [6.07, 6.45) is 0.740. The number of benzene rings is 2. The highest BCUT2D eigenvalue weighted by atomic mass is 35.5. The molecule has 2 aromatic carbocycles. The highest BCUT2D eigenvalue weighted by Crippen LogP contribution is 2.40. The first kappa shape index (κ1) is 17.0. The molecule has 2 atom stereocenters. The van der Waals surface area contributed by atoms with E-state index in [-0.39, 0.29) is 18.0 Å². The van der Waals surface area contributed by atoms with E-state index in [4.69, 9.17) is 33.7 Å². The maximum absolute atomic E-state index is 6.42. The van der Waals surface area contributed by atoms with Gasteiger partial charge in [-0.2, -0.15) is 4.98 Å². The molecule has 0 bridgehead atoms. The van der Waals surface area contributed by atoms with Crippen LogP contribution < -0.4 is 15.8 Å². The van der Waals surface area contributed by atoms with Crippen LogP contribution in [0.3, 0.4) is 0 Å². The van der Waals surface area contributed by atoms with E-state index in [1.54, 1.807) is 13.2 Å². The van der Waals surface area contributed by atoms with Gasteiger partial charge in [-0.25, -0.2) is 4.68 Å². The van der Waals surface area contributed by atoms with E-state index in [2.05, 4.69) is 15.4 Å². The number of hydrogen-bond acceptors (Lipinski definition) is 5. The number of ether oxygens (including phenoxy) is 1. The fourth-order valence-electron chi connectivity index (χ4n) is 3.29. The van der Waals surface area contributed by atoms with E-state index >= 15 is 0 Å². The summed E-state index contributed by atoms with van der Waals surface area (Å²) in [6, 6.07) is 13.4. The second-order valence-corrected chi connectivity index (χ2v) is 6.97. The molecular formula is C18H17Cl2N5O. The first-order valence-corrected chi connectivity index (χ1v) is 8.88. The number of fused-ring (bicyclic) bond motifs is 1. The third-order valence-corrected chi connectivity index (χ3v) is 5.11. The molecule has 0 radical (unpaired) electrons. The SMILES string of the molecule is COc1ccc([C@@H]2C[C@H](c3ccc(Cl)cc3Cl)Nc3nc(N)nn32)cc1. The maximum atomic E-state index is 6.42. The Balaban J connectivity index is 1.75. The first-order valence-electron chi connectivity index (χ1n) is 8.12. The van der Waals surface area contributed by atoms with E-state index in [1.165, 1.54) is 0 Å². The van der Waals surface area contributed by atoms with Crippen molar-refractivity contribution < 1.29 is 4.74 Å². The van der Waals surface area contributed by atoms with Gasteiger partial charge in [0.05, 0.1) is 19.2 Å². The molecule has 0 unspecified atom stereocenters. The second-order valence-electron chi connectivity index (χ2n) is 6.13. The van der Waals surface area contributed by atoms with Crippen molar-refractivity contribution in [2.45, 2.75) is 18.5 Å². The molecule has 1 aromatic heterocycles. The van der Waals surface area contributed by atoms with Crippen LogP contribution >= 0.6 is 23.2 Å². The Morgan fingerprint density at radius 3 is 2.65 bits per heavy atom. The predicted octanol–water partition coefficient (Wildman–Crippen LogP) is 4.32. The Labute approximate surface area is 160 Å². The summed E-state index contributed by atoms with van der Waals surface area (Å²) in [5.41, 5.74) is 7.88. The van der Waals surface area contributed by atoms with Gasteiger partial charge in [0.25, 0.3) is 0 Å². The number of methoxy groups -OCH3 is 1. The molecule has 2 heterocycles. The first-order chi connectivity index (χ1) is 12.5. The number of nitrogens with one attached hydrogen (secondary N) is 1. The molecule has 6 nitrogen and oxygen atoms in total. The summed E-state index contributed by atoms with van der Waals surface area (Å²) in [4.78, 5) is 4.31. The average Bonchev–Trinajstić information content (AvgIpc) is 3.01. The summed E-state index contributed by atoms with van der Waals surface area (Å²) in [5.74, 6) is 1.65. The van der Waals surface area contributed by atoms with E-state index < -0.39 is 0 Å². The minimum absolute atomic E-state index is 0.0290. The van der Waals surface area contributed by atoms with Gasteiger partial charge in [-0.05, 0) is 41.8 Å². The van der Waals surface area contributed by atoms with Gasteiger partial charge in [0.2, 0.25) is 11.9 Å². The minimum Gasteiger partial charge on any atom is -0.497 e. The smallest absolute Gasteiger partial charge is 0.241 e. The third-order valence-electron chi connectivity index (χ3n) is 4.54. The van der Waals surface area contributed by atoms with Crippen LogP contribution in [0.2, 0.25) is 10.0 Å². The lowest BCUT2D eigenvalue weighted by Crippen LogP contribution is -2.28. The summed E-state index contributed by atoms with van der Waals surface area (Å²) in [7, 11) is 1.65. The fraction of sp³-hybridized carbons (Fsp3) is 0.222. The van der Waals surface area contributed by atoms with Crippen molar-refractivity contribution in [3.63, 3.8) is 0 Å². The van der Waals surface area contributed by atoms with E-state index in [0.29, 0.717) is 16.0 Å². The van der Waals surface area contributed by atoms with Crippen molar-refractivity contribution in [1.29, 1.82) is 0 Å². The molecule has 0 saturated heterocycles. The van der Waals surface area contributed by atoms with Crippen molar-refractivity contribution >= 4 is 35.1 Å². The molecule has 3 aromatic rings. The summed E-state index contributed by atoms with van der Waals surface area (Å²) in [6.45, 7) is 0. The maximum Gasteiger partial charge on any atom is 0.241 e. The van der Waals surface area contributed by atoms with Gasteiger partial charge in [-0.15, -0.1) is 5.10 Å². The van der Waals surface area contributed by atoms with Crippen LogP contribution in [0.5, 0.6) is 5.75 Å². The summed E-state index contributed by atoms with van der Waals surface area (Å²) < 4.78 is 7.07. The van der Waals surface area contributed by atoms with Crippen LogP contribution in [0, 0.1) is 0 Å². The second kappa shape index (κ2) is 6.70. The molecule has 0 fully saturated rings. The highest BCUT2D eigenvalue weighted by molar-refractivity contribution is 6.35. The standard InChI is InChI=1S/C18H17Cl2N5O/c1-26-12-5-2-10(3-6-12)16-9-15(13-7-4-11(19)8-14(13)20)22-18-23-17(21)24-25(16)18/h2-8,15-16H,9H2,1H3,(H3,21,22,23,24)/t15-,16+/m1/s1. The van der Waals surface area contributed by atoms with Crippen LogP contribution in [0.15, 0.2) is 42.5 Å². The number of rotatable bonds is 3. The molecule has 1 aliphatic rings. The van der Waals surface area contributed by atoms with Gasteiger partial charge in [-0.1, -0.05) is 41.4 Å². The molecule has 134 valence electrons. The highest BCUT2D eigenvalue weighted by Gasteiger charge is 2.31. The number of aromatic nitrogens is 3. The van der Waals surface area contributed by atoms with Gasteiger partial charge in [-0.3, -0.25) is 0 Å². The molecule has 0 saturated carbocycles. The summed E-state index contributed by atoms with van der Waals surface area (Å²) in [5, 5.41) is 8.95. The van der Waals surface area contributed by atoms with Crippen LogP contribution in [-0.4, -0.2) is 21.9 Å². The number of nitrogens with two attached hydrogens (primary N) is 1. The zero-order chi connectivity index (χ0) is 18.3. The third kappa shape index (κ3) is 3.06. The number of nitrogen functional groups attached to an aromatic ring is 1. The molecule has 26 heavy (non-hydrogen) atoms. The Morgan fingerprint density at radius 2 is 1.96 bits per heavy atom. The molecule has 8 heteroatoms. The monoisotopic (exact) mass is 389 g/mol. The van der Waals surface area contributed by atoms with E-state index in [1.807, 2.05) is 41.1 Å². The van der Waals surface area contributed by atoms with Gasteiger partial charge in [0.15, 0.2) is 0 Å².